The molecule has 0 aliphatic heterocycles. The van der Waals surface area contributed by atoms with Crippen LogP contribution in [-0.4, -0.2) is 12.6 Å². The lowest BCUT2D eigenvalue weighted by atomic mass is 10.1. The lowest BCUT2D eigenvalue weighted by Crippen LogP contribution is -2.30. The highest BCUT2D eigenvalue weighted by Crippen LogP contribution is 2.26. The molecule has 0 amide bonds. The van der Waals surface area contributed by atoms with Gasteiger partial charge < -0.3 is 10.1 Å². The predicted octanol–water partition coefficient (Wildman–Crippen LogP) is 4.25. The van der Waals surface area contributed by atoms with Crippen LogP contribution in [0.3, 0.4) is 0 Å². The van der Waals surface area contributed by atoms with Crippen LogP contribution in [0.5, 0.6) is 5.75 Å². The van der Waals surface area contributed by atoms with Crippen molar-refractivity contribution in [3.8, 4) is 5.75 Å². The average molecular weight is 287 g/mol. The molecular formula is C18H22FNO. The molecule has 112 valence electrons. The van der Waals surface area contributed by atoms with Gasteiger partial charge in [0, 0.05) is 12.6 Å². The van der Waals surface area contributed by atoms with Crippen LogP contribution in [0.25, 0.3) is 0 Å². The van der Waals surface area contributed by atoms with Gasteiger partial charge in [-0.25, -0.2) is 4.39 Å². The molecule has 2 rings (SSSR count). The van der Waals surface area contributed by atoms with Gasteiger partial charge in [-0.1, -0.05) is 56.3 Å². The molecule has 0 aliphatic rings. The molecule has 3 heteroatoms. The summed E-state index contributed by atoms with van der Waals surface area (Å²) >= 11 is 0. The van der Waals surface area contributed by atoms with Crippen molar-refractivity contribution >= 4 is 0 Å². The quantitative estimate of drug-likeness (QED) is 0.857. The summed E-state index contributed by atoms with van der Waals surface area (Å²) < 4.78 is 20.1. The maximum atomic E-state index is 14.1. The first-order chi connectivity index (χ1) is 10.1. The highest BCUT2D eigenvalue weighted by molar-refractivity contribution is 5.31. The number of benzene rings is 2. The van der Waals surface area contributed by atoms with Crippen molar-refractivity contribution in [2.45, 2.75) is 32.9 Å². The zero-order valence-electron chi connectivity index (χ0n) is 12.8. The van der Waals surface area contributed by atoms with E-state index in [4.69, 9.17) is 4.74 Å². The van der Waals surface area contributed by atoms with Crippen LogP contribution in [0.15, 0.2) is 48.5 Å². The van der Waals surface area contributed by atoms with Crippen molar-refractivity contribution in [3.63, 3.8) is 0 Å². The van der Waals surface area contributed by atoms with Gasteiger partial charge in [0.05, 0.1) is 0 Å². The number of hydrogen-bond donors (Lipinski definition) is 1. The number of ether oxygens (including phenoxy) is 1. The van der Waals surface area contributed by atoms with E-state index >= 15 is 0 Å². The second-order valence-electron chi connectivity index (χ2n) is 5.47. The summed E-state index contributed by atoms with van der Waals surface area (Å²) in [6.07, 6.45) is -0.218. The summed E-state index contributed by atoms with van der Waals surface area (Å²) in [4.78, 5) is 0. The fraction of sp³-hybridized carbons (Fsp3) is 0.333. The zero-order chi connectivity index (χ0) is 15.2. The SMILES string of the molecule is Cc1cccc(OC(CNC(C)C)c2ccccc2)c1F. The Morgan fingerprint density at radius 2 is 1.76 bits per heavy atom. The number of halogens is 1. The highest BCUT2D eigenvalue weighted by atomic mass is 19.1. The molecule has 2 aromatic rings. The summed E-state index contributed by atoms with van der Waals surface area (Å²) in [5.74, 6) is 0.0115. The van der Waals surface area contributed by atoms with E-state index < -0.39 is 0 Å². The largest absolute Gasteiger partial charge is 0.481 e. The van der Waals surface area contributed by atoms with Crippen LogP contribution < -0.4 is 10.1 Å². The molecule has 21 heavy (non-hydrogen) atoms. The molecule has 0 saturated carbocycles. The van der Waals surface area contributed by atoms with Crippen LogP contribution in [0.4, 0.5) is 4.39 Å². The minimum Gasteiger partial charge on any atom is -0.481 e. The molecule has 0 aromatic heterocycles. The van der Waals surface area contributed by atoms with Crippen LogP contribution in [0, 0.1) is 12.7 Å². The normalized spacial score (nSPS) is 12.4. The Hall–Kier alpha value is -1.87. The van der Waals surface area contributed by atoms with Gasteiger partial charge in [0.2, 0.25) is 0 Å². The Bertz CT molecular complexity index is 569. The second kappa shape index (κ2) is 7.23. The van der Waals surface area contributed by atoms with Gasteiger partial charge in [0.25, 0.3) is 0 Å². The number of hydrogen-bond acceptors (Lipinski definition) is 2. The van der Waals surface area contributed by atoms with Gasteiger partial charge in [-0.05, 0) is 24.1 Å². The highest BCUT2D eigenvalue weighted by Gasteiger charge is 2.16. The summed E-state index contributed by atoms with van der Waals surface area (Å²) in [5, 5.41) is 3.35. The Balaban J connectivity index is 2.21. The fourth-order valence-corrected chi connectivity index (χ4v) is 2.10. The third-order valence-corrected chi connectivity index (χ3v) is 3.31. The Morgan fingerprint density at radius 3 is 2.43 bits per heavy atom. The van der Waals surface area contributed by atoms with Crippen molar-refractivity contribution < 1.29 is 9.13 Å². The van der Waals surface area contributed by atoms with Gasteiger partial charge >= 0.3 is 0 Å². The standard InChI is InChI=1S/C18H22FNO/c1-13(2)20-12-17(15-9-5-4-6-10-15)21-16-11-7-8-14(3)18(16)19/h4-11,13,17,20H,12H2,1-3H3. The van der Waals surface area contributed by atoms with Crippen molar-refractivity contribution in [2.75, 3.05) is 6.54 Å². The predicted molar refractivity (Wildman–Crippen MR) is 84.1 cm³/mol. The van der Waals surface area contributed by atoms with Crippen molar-refractivity contribution in [3.05, 3.63) is 65.5 Å². The molecule has 0 aliphatic carbocycles. The lowest BCUT2D eigenvalue weighted by molar-refractivity contribution is 0.189. The molecule has 0 radical (unpaired) electrons. The first-order valence-electron chi connectivity index (χ1n) is 7.28. The van der Waals surface area contributed by atoms with Crippen molar-refractivity contribution in [2.24, 2.45) is 0 Å². The number of nitrogens with one attached hydrogen (secondary N) is 1. The Kier molecular flexibility index (Phi) is 5.34. The smallest absolute Gasteiger partial charge is 0.167 e. The van der Waals surface area contributed by atoms with E-state index in [0.717, 1.165) is 5.56 Å². The van der Waals surface area contributed by atoms with Crippen LogP contribution in [0.1, 0.15) is 31.1 Å². The topological polar surface area (TPSA) is 21.3 Å². The van der Waals surface area contributed by atoms with Crippen molar-refractivity contribution in [1.82, 2.24) is 5.32 Å². The number of rotatable bonds is 6. The number of aryl methyl sites for hydroxylation is 1. The van der Waals surface area contributed by atoms with E-state index in [1.807, 2.05) is 36.4 Å². The fourth-order valence-electron chi connectivity index (χ4n) is 2.10. The molecule has 2 aromatic carbocycles. The molecule has 0 saturated heterocycles. The van der Waals surface area contributed by atoms with E-state index in [1.165, 1.54) is 0 Å². The van der Waals surface area contributed by atoms with Gasteiger partial charge in [-0.3, -0.25) is 0 Å². The molecule has 0 fully saturated rings. The molecule has 1 unspecified atom stereocenters. The van der Waals surface area contributed by atoms with E-state index in [0.29, 0.717) is 23.9 Å². The summed E-state index contributed by atoms with van der Waals surface area (Å²) in [6.45, 7) is 6.53. The third kappa shape index (κ3) is 4.30. The second-order valence-corrected chi connectivity index (χ2v) is 5.47. The Morgan fingerprint density at radius 1 is 1.05 bits per heavy atom. The van der Waals surface area contributed by atoms with Gasteiger partial charge in [-0.2, -0.15) is 0 Å². The van der Waals surface area contributed by atoms with E-state index in [1.54, 1.807) is 19.1 Å². The molecule has 0 spiro atoms. The minimum atomic E-state index is -0.289. The van der Waals surface area contributed by atoms with Gasteiger partial charge in [0.15, 0.2) is 11.6 Å². The van der Waals surface area contributed by atoms with E-state index in [2.05, 4.69) is 19.2 Å². The third-order valence-electron chi connectivity index (χ3n) is 3.31. The molecule has 0 heterocycles. The van der Waals surface area contributed by atoms with E-state index in [9.17, 15) is 4.39 Å². The maximum Gasteiger partial charge on any atom is 0.167 e. The van der Waals surface area contributed by atoms with Crippen LogP contribution in [0.2, 0.25) is 0 Å². The maximum absolute atomic E-state index is 14.1. The first-order valence-corrected chi connectivity index (χ1v) is 7.28. The Labute approximate surface area is 126 Å². The summed E-state index contributed by atoms with van der Waals surface area (Å²) in [7, 11) is 0. The molecule has 1 atom stereocenters. The van der Waals surface area contributed by atoms with Crippen LogP contribution in [-0.2, 0) is 0 Å². The summed E-state index contributed by atoms with van der Waals surface area (Å²) in [5.41, 5.74) is 1.63. The molecule has 2 nitrogen and oxygen atoms in total. The summed E-state index contributed by atoms with van der Waals surface area (Å²) in [6, 6.07) is 15.5. The van der Waals surface area contributed by atoms with Crippen molar-refractivity contribution in [1.29, 1.82) is 0 Å². The first kappa shape index (κ1) is 15.5. The van der Waals surface area contributed by atoms with E-state index in [-0.39, 0.29) is 11.9 Å². The van der Waals surface area contributed by atoms with Crippen LogP contribution >= 0.6 is 0 Å². The van der Waals surface area contributed by atoms with Gasteiger partial charge in [-0.15, -0.1) is 0 Å². The minimum absolute atomic E-state index is 0.218. The molecule has 1 N–H and O–H groups in total. The zero-order valence-corrected chi connectivity index (χ0v) is 12.8. The molecular weight excluding hydrogens is 265 g/mol. The molecule has 0 bridgehead atoms. The monoisotopic (exact) mass is 287 g/mol. The lowest BCUT2D eigenvalue weighted by Gasteiger charge is -2.22. The van der Waals surface area contributed by atoms with Gasteiger partial charge in [0.1, 0.15) is 6.10 Å². The average Bonchev–Trinajstić information content (AvgIpc) is 2.48.